The Bertz CT molecular complexity index is 1370. The van der Waals surface area contributed by atoms with Crippen LogP contribution in [0, 0.1) is 5.92 Å². The van der Waals surface area contributed by atoms with Crippen molar-refractivity contribution in [2.24, 2.45) is 5.92 Å². The molecule has 0 aliphatic heterocycles. The quantitative estimate of drug-likeness (QED) is 0.298. The monoisotopic (exact) mass is 481 g/mol. The van der Waals surface area contributed by atoms with Gasteiger partial charge in [-0.15, -0.1) is 0 Å². The molecule has 1 fully saturated rings. The van der Waals surface area contributed by atoms with Gasteiger partial charge in [-0.3, -0.25) is 9.59 Å². The highest BCUT2D eigenvalue weighted by atomic mass is 16.5. The van der Waals surface area contributed by atoms with Crippen molar-refractivity contribution >= 4 is 28.4 Å². The number of nitrogens with one attached hydrogen (secondary N) is 3. The number of aromatic amines is 1. The molecule has 6 nitrogen and oxygen atoms in total. The fourth-order valence-corrected chi connectivity index (χ4v) is 4.78. The number of methoxy groups -OCH3 is 1. The standard InChI is InChI=1S/C30H31N3O3/c1-19-3-10-24(11-4-19)32-30(35)22-9-16-27-23(17-22)18-28(33-27)20-5-12-25(13-6-20)31-29(34)21-7-14-26(36-2)15-8-21/h5-9,12-19,24,33H,3-4,10-11H2,1-2H3,(H,31,34)(H,32,35). The molecule has 1 aliphatic carbocycles. The van der Waals surface area contributed by atoms with Crippen molar-refractivity contribution in [3.05, 3.63) is 83.9 Å². The molecule has 1 aliphatic rings. The van der Waals surface area contributed by atoms with Gasteiger partial charge in [-0.25, -0.2) is 0 Å². The first-order valence-corrected chi connectivity index (χ1v) is 12.5. The molecule has 0 radical (unpaired) electrons. The lowest BCUT2D eigenvalue weighted by molar-refractivity contribution is 0.0922. The zero-order chi connectivity index (χ0) is 25.1. The molecule has 5 rings (SSSR count). The van der Waals surface area contributed by atoms with Gasteiger partial charge in [0.1, 0.15) is 5.75 Å². The Balaban J connectivity index is 1.26. The maximum atomic E-state index is 12.8. The Hall–Kier alpha value is -4.06. The number of rotatable bonds is 6. The molecule has 0 saturated heterocycles. The van der Waals surface area contributed by atoms with Gasteiger partial charge in [0, 0.05) is 39.5 Å². The van der Waals surface area contributed by atoms with E-state index in [2.05, 4.69) is 28.6 Å². The van der Waals surface area contributed by atoms with E-state index in [0.717, 1.165) is 40.9 Å². The predicted molar refractivity (Wildman–Crippen MR) is 144 cm³/mol. The second-order valence-corrected chi connectivity index (χ2v) is 9.68. The van der Waals surface area contributed by atoms with Crippen LogP contribution in [0.2, 0.25) is 0 Å². The summed E-state index contributed by atoms with van der Waals surface area (Å²) in [5.41, 5.74) is 4.89. The number of anilines is 1. The van der Waals surface area contributed by atoms with Crippen LogP contribution < -0.4 is 15.4 Å². The van der Waals surface area contributed by atoms with Crippen LogP contribution in [0.4, 0.5) is 5.69 Å². The molecule has 4 aromatic rings. The van der Waals surface area contributed by atoms with Crippen molar-refractivity contribution in [1.29, 1.82) is 0 Å². The van der Waals surface area contributed by atoms with Gasteiger partial charge in [-0.1, -0.05) is 19.1 Å². The van der Waals surface area contributed by atoms with Crippen molar-refractivity contribution in [2.75, 3.05) is 12.4 Å². The molecule has 36 heavy (non-hydrogen) atoms. The third-order valence-electron chi connectivity index (χ3n) is 7.04. The van der Waals surface area contributed by atoms with E-state index < -0.39 is 0 Å². The van der Waals surface area contributed by atoms with Crippen LogP contribution in [0.3, 0.4) is 0 Å². The molecule has 0 atom stereocenters. The van der Waals surface area contributed by atoms with E-state index in [1.165, 1.54) is 12.8 Å². The molecular formula is C30H31N3O3. The number of hydrogen-bond donors (Lipinski definition) is 3. The van der Waals surface area contributed by atoms with Crippen molar-refractivity contribution in [3.8, 4) is 17.0 Å². The summed E-state index contributed by atoms with van der Waals surface area (Å²) in [6.07, 6.45) is 4.46. The maximum absolute atomic E-state index is 12.8. The van der Waals surface area contributed by atoms with E-state index >= 15 is 0 Å². The predicted octanol–water partition coefficient (Wildman–Crippen LogP) is 6.40. The number of fused-ring (bicyclic) bond motifs is 1. The Labute approximate surface area is 211 Å². The van der Waals surface area contributed by atoms with Gasteiger partial charge in [0.2, 0.25) is 0 Å². The van der Waals surface area contributed by atoms with Crippen molar-refractivity contribution < 1.29 is 14.3 Å². The van der Waals surface area contributed by atoms with Crippen LogP contribution in [0.1, 0.15) is 53.3 Å². The molecular weight excluding hydrogens is 450 g/mol. The van der Waals surface area contributed by atoms with E-state index in [4.69, 9.17) is 4.74 Å². The van der Waals surface area contributed by atoms with E-state index in [-0.39, 0.29) is 17.9 Å². The van der Waals surface area contributed by atoms with Gasteiger partial charge in [-0.2, -0.15) is 0 Å². The molecule has 0 bridgehead atoms. The summed E-state index contributed by atoms with van der Waals surface area (Å²) in [6.45, 7) is 2.28. The minimum absolute atomic E-state index is 0.00356. The first-order chi connectivity index (χ1) is 17.5. The lowest BCUT2D eigenvalue weighted by Crippen LogP contribution is -2.37. The zero-order valence-corrected chi connectivity index (χ0v) is 20.6. The Morgan fingerprint density at radius 2 is 1.53 bits per heavy atom. The molecule has 1 aromatic heterocycles. The second kappa shape index (κ2) is 10.3. The first kappa shape index (κ1) is 23.7. The second-order valence-electron chi connectivity index (χ2n) is 9.68. The summed E-state index contributed by atoms with van der Waals surface area (Å²) < 4.78 is 5.14. The molecule has 2 amide bonds. The number of carbonyl (C=O) groups excluding carboxylic acids is 2. The highest BCUT2D eigenvalue weighted by molar-refractivity contribution is 6.04. The summed E-state index contributed by atoms with van der Waals surface area (Å²) in [5, 5.41) is 7.12. The van der Waals surface area contributed by atoms with Crippen molar-refractivity contribution in [2.45, 2.75) is 38.6 Å². The van der Waals surface area contributed by atoms with Gasteiger partial charge >= 0.3 is 0 Å². The Morgan fingerprint density at radius 3 is 2.22 bits per heavy atom. The number of aromatic nitrogens is 1. The van der Waals surface area contributed by atoms with E-state index in [0.29, 0.717) is 22.6 Å². The first-order valence-electron chi connectivity index (χ1n) is 12.5. The molecule has 3 aromatic carbocycles. The Kier molecular flexibility index (Phi) is 6.76. The number of amides is 2. The molecule has 0 unspecified atom stereocenters. The van der Waals surface area contributed by atoms with Crippen LogP contribution in [0.5, 0.6) is 5.75 Å². The molecule has 6 heteroatoms. The summed E-state index contributed by atoms with van der Waals surface area (Å²) in [6, 6.07) is 22.8. The Morgan fingerprint density at radius 1 is 0.833 bits per heavy atom. The fourth-order valence-electron chi connectivity index (χ4n) is 4.78. The summed E-state index contributed by atoms with van der Waals surface area (Å²) in [4.78, 5) is 28.8. The minimum atomic E-state index is -0.176. The number of hydrogen-bond acceptors (Lipinski definition) is 3. The van der Waals surface area contributed by atoms with Crippen LogP contribution in [-0.4, -0.2) is 29.9 Å². The van der Waals surface area contributed by atoms with Gasteiger partial charge in [0.05, 0.1) is 7.11 Å². The summed E-state index contributed by atoms with van der Waals surface area (Å²) in [7, 11) is 1.60. The van der Waals surface area contributed by atoms with E-state index in [1.54, 1.807) is 31.4 Å². The minimum Gasteiger partial charge on any atom is -0.497 e. The lowest BCUT2D eigenvalue weighted by Gasteiger charge is -2.26. The highest BCUT2D eigenvalue weighted by Crippen LogP contribution is 2.27. The zero-order valence-electron chi connectivity index (χ0n) is 20.6. The average Bonchev–Trinajstić information content (AvgIpc) is 3.34. The molecule has 1 saturated carbocycles. The average molecular weight is 482 g/mol. The van der Waals surface area contributed by atoms with Crippen molar-refractivity contribution in [3.63, 3.8) is 0 Å². The summed E-state index contributed by atoms with van der Waals surface area (Å²) in [5.74, 6) is 1.29. The third-order valence-corrected chi connectivity index (χ3v) is 7.04. The number of benzene rings is 3. The van der Waals surface area contributed by atoms with Gasteiger partial charge in [-0.05, 0) is 97.8 Å². The van der Waals surface area contributed by atoms with Crippen molar-refractivity contribution in [1.82, 2.24) is 10.3 Å². The van der Waals surface area contributed by atoms with Crippen LogP contribution in [0.25, 0.3) is 22.2 Å². The topological polar surface area (TPSA) is 83.2 Å². The molecule has 1 heterocycles. The van der Waals surface area contributed by atoms with Gasteiger partial charge in [0.25, 0.3) is 11.8 Å². The van der Waals surface area contributed by atoms with E-state index in [1.807, 2.05) is 42.5 Å². The smallest absolute Gasteiger partial charge is 0.255 e. The van der Waals surface area contributed by atoms with E-state index in [9.17, 15) is 9.59 Å². The molecule has 0 spiro atoms. The third kappa shape index (κ3) is 5.28. The molecule has 184 valence electrons. The molecule has 3 N–H and O–H groups in total. The number of H-pyrrole nitrogens is 1. The van der Waals surface area contributed by atoms with Crippen LogP contribution in [-0.2, 0) is 0 Å². The number of ether oxygens (including phenoxy) is 1. The lowest BCUT2D eigenvalue weighted by atomic mass is 9.87. The number of carbonyl (C=O) groups is 2. The van der Waals surface area contributed by atoms with Gasteiger partial charge in [0.15, 0.2) is 0 Å². The largest absolute Gasteiger partial charge is 0.497 e. The normalized spacial score (nSPS) is 17.5. The van der Waals surface area contributed by atoms with Crippen LogP contribution >= 0.6 is 0 Å². The fraction of sp³-hybridized carbons (Fsp3) is 0.267. The maximum Gasteiger partial charge on any atom is 0.255 e. The van der Waals surface area contributed by atoms with Gasteiger partial charge < -0.3 is 20.4 Å². The SMILES string of the molecule is COc1ccc(C(=O)Nc2ccc(-c3cc4cc(C(=O)NC5CCC(C)CC5)ccc4[nH]3)cc2)cc1. The summed E-state index contributed by atoms with van der Waals surface area (Å²) >= 11 is 0. The highest BCUT2D eigenvalue weighted by Gasteiger charge is 2.20. The van der Waals surface area contributed by atoms with Crippen LogP contribution in [0.15, 0.2) is 72.8 Å².